The quantitative estimate of drug-likeness (QED) is 0.311. The van der Waals surface area contributed by atoms with Gasteiger partial charge in [0.2, 0.25) is 0 Å². The van der Waals surface area contributed by atoms with Gasteiger partial charge in [0.25, 0.3) is 0 Å². The Labute approximate surface area is 192 Å². The summed E-state index contributed by atoms with van der Waals surface area (Å²) in [6.07, 6.45) is 0.807. The normalized spacial score (nSPS) is 14.3. The van der Waals surface area contributed by atoms with E-state index >= 15 is 0 Å². The lowest BCUT2D eigenvalue weighted by atomic mass is 10.0. The lowest BCUT2D eigenvalue weighted by molar-refractivity contribution is 0.101. The van der Waals surface area contributed by atoms with Gasteiger partial charge in [0.1, 0.15) is 17.4 Å². The Balaban J connectivity index is 1.34. The molecule has 0 saturated carbocycles. The fraction of sp³-hybridized carbons (Fsp3) is 0.346. The van der Waals surface area contributed by atoms with Gasteiger partial charge in [0.05, 0.1) is 17.9 Å². The number of carbonyl (C=O) groups is 1. The van der Waals surface area contributed by atoms with Crippen molar-refractivity contribution < 1.29 is 13.9 Å². The number of piperazine rings is 1. The number of ether oxygens (including phenoxy) is 1. The van der Waals surface area contributed by atoms with E-state index in [1.807, 2.05) is 37.3 Å². The molecule has 7 nitrogen and oxygen atoms in total. The molecule has 170 valence electrons. The van der Waals surface area contributed by atoms with Crippen LogP contribution in [0.25, 0.3) is 11.0 Å². The number of carbonyl (C=O) groups excluding carboxylic acids is 1. The SMILES string of the molecule is CC(=O)c1c(OCCCN2CCN(c3ccccc3C#N)CC2)ccc2c(C)cc(=O)oc12. The van der Waals surface area contributed by atoms with Gasteiger partial charge in [-0.3, -0.25) is 9.69 Å². The van der Waals surface area contributed by atoms with Gasteiger partial charge in [-0.1, -0.05) is 12.1 Å². The number of benzene rings is 2. The molecule has 2 aromatic carbocycles. The first kappa shape index (κ1) is 22.6. The monoisotopic (exact) mass is 445 g/mol. The molecule has 3 aromatic rings. The minimum atomic E-state index is -0.476. The molecule has 0 bridgehead atoms. The molecule has 1 saturated heterocycles. The third kappa shape index (κ3) is 4.91. The molecular weight excluding hydrogens is 418 g/mol. The molecule has 33 heavy (non-hydrogen) atoms. The molecule has 2 heterocycles. The average Bonchev–Trinajstić information content (AvgIpc) is 2.81. The second-order valence-corrected chi connectivity index (χ2v) is 8.28. The van der Waals surface area contributed by atoms with Crippen molar-refractivity contribution in [1.29, 1.82) is 5.26 Å². The van der Waals surface area contributed by atoms with E-state index in [1.54, 1.807) is 6.07 Å². The number of nitrogens with zero attached hydrogens (tertiary/aromatic N) is 3. The van der Waals surface area contributed by atoms with E-state index in [-0.39, 0.29) is 5.78 Å². The number of nitriles is 1. The molecule has 1 fully saturated rings. The van der Waals surface area contributed by atoms with E-state index in [9.17, 15) is 14.9 Å². The average molecular weight is 446 g/mol. The second kappa shape index (κ2) is 9.88. The van der Waals surface area contributed by atoms with Crippen LogP contribution in [0.2, 0.25) is 0 Å². The second-order valence-electron chi connectivity index (χ2n) is 8.28. The van der Waals surface area contributed by atoms with Gasteiger partial charge >= 0.3 is 5.63 Å². The van der Waals surface area contributed by atoms with Crippen LogP contribution in [0, 0.1) is 18.3 Å². The van der Waals surface area contributed by atoms with Gasteiger partial charge in [0.15, 0.2) is 11.4 Å². The maximum atomic E-state index is 12.3. The summed E-state index contributed by atoms with van der Waals surface area (Å²) in [5.74, 6) is 0.250. The van der Waals surface area contributed by atoms with Gasteiger partial charge in [-0.2, -0.15) is 5.26 Å². The van der Waals surface area contributed by atoms with Crippen LogP contribution >= 0.6 is 0 Å². The molecule has 0 amide bonds. The number of rotatable bonds is 7. The van der Waals surface area contributed by atoms with E-state index in [4.69, 9.17) is 9.15 Å². The Morgan fingerprint density at radius 1 is 1.15 bits per heavy atom. The number of aryl methyl sites for hydroxylation is 1. The summed E-state index contributed by atoms with van der Waals surface area (Å²) in [5.41, 5.74) is 2.61. The van der Waals surface area contributed by atoms with E-state index in [2.05, 4.69) is 15.9 Å². The van der Waals surface area contributed by atoms with E-state index < -0.39 is 5.63 Å². The van der Waals surface area contributed by atoms with Crippen LogP contribution in [0.4, 0.5) is 5.69 Å². The smallest absolute Gasteiger partial charge is 0.336 e. The summed E-state index contributed by atoms with van der Waals surface area (Å²) in [6.45, 7) is 8.19. The number of hydrogen-bond donors (Lipinski definition) is 0. The summed E-state index contributed by atoms with van der Waals surface area (Å²) in [4.78, 5) is 28.8. The van der Waals surface area contributed by atoms with Crippen molar-refractivity contribution in [2.24, 2.45) is 0 Å². The van der Waals surface area contributed by atoms with Gasteiger partial charge in [0, 0.05) is 44.2 Å². The molecular formula is C26H27N3O4. The summed E-state index contributed by atoms with van der Waals surface area (Å²) in [6, 6.07) is 15.0. The summed E-state index contributed by atoms with van der Waals surface area (Å²) < 4.78 is 11.3. The standard InChI is InChI=1S/C26H27N3O4/c1-18-16-24(31)33-26-21(18)8-9-23(25(26)19(2)30)32-15-5-10-28-11-13-29(14-12-28)22-7-4-3-6-20(22)17-27/h3-4,6-9,16H,5,10-15H2,1-2H3. The zero-order valence-electron chi connectivity index (χ0n) is 19.0. The molecule has 0 atom stereocenters. The lowest BCUT2D eigenvalue weighted by Crippen LogP contribution is -2.47. The van der Waals surface area contributed by atoms with Crippen LogP contribution in [-0.2, 0) is 0 Å². The molecule has 0 unspecified atom stereocenters. The molecule has 0 aliphatic carbocycles. The van der Waals surface area contributed by atoms with E-state index in [0.29, 0.717) is 29.1 Å². The maximum absolute atomic E-state index is 12.3. The number of ketones is 1. The Bertz CT molecular complexity index is 1270. The van der Waals surface area contributed by atoms with Gasteiger partial charge in [-0.05, 0) is 50.1 Å². The number of fused-ring (bicyclic) bond motifs is 1. The minimum Gasteiger partial charge on any atom is -0.493 e. The number of para-hydroxylation sites is 1. The van der Waals surface area contributed by atoms with Crippen molar-refractivity contribution in [3.8, 4) is 11.8 Å². The molecule has 1 aliphatic rings. The van der Waals surface area contributed by atoms with Gasteiger partial charge < -0.3 is 14.1 Å². The van der Waals surface area contributed by atoms with E-state index in [1.165, 1.54) is 13.0 Å². The highest BCUT2D eigenvalue weighted by molar-refractivity contribution is 6.07. The summed E-state index contributed by atoms with van der Waals surface area (Å²) >= 11 is 0. The Kier molecular flexibility index (Phi) is 6.76. The van der Waals surface area contributed by atoms with Crippen molar-refractivity contribution in [3.05, 3.63) is 69.6 Å². The van der Waals surface area contributed by atoms with Crippen LogP contribution in [0.1, 0.15) is 34.8 Å². The van der Waals surface area contributed by atoms with Crippen LogP contribution in [-0.4, -0.2) is 50.0 Å². The Morgan fingerprint density at radius 3 is 2.64 bits per heavy atom. The molecule has 4 rings (SSSR count). The summed E-state index contributed by atoms with van der Waals surface area (Å²) in [7, 11) is 0. The van der Waals surface area contributed by atoms with Gasteiger partial charge in [-0.15, -0.1) is 0 Å². The first-order chi connectivity index (χ1) is 16.0. The number of anilines is 1. The van der Waals surface area contributed by atoms with Crippen LogP contribution in [0.15, 0.2) is 51.7 Å². The molecule has 1 aliphatic heterocycles. The number of Topliss-reactive ketones (excluding diaryl/α,β-unsaturated/α-hetero) is 1. The molecule has 0 radical (unpaired) electrons. The topological polar surface area (TPSA) is 86.8 Å². The van der Waals surface area contributed by atoms with E-state index in [0.717, 1.165) is 55.8 Å². The van der Waals surface area contributed by atoms with Crippen molar-refractivity contribution in [1.82, 2.24) is 4.90 Å². The fourth-order valence-corrected chi connectivity index (χ4v) is 4.35. The molecule has 0 N–H and O–H groups in total. The van der Waals surface area contributed by atoms with Crippen molar-refractivity contribution in [2.45, 2.75) is 20.3 Å². The molecule has 1 aromatic heterocycles. The third-order valence-corrected chi connectivity index (χ3v) is 6.05. The summed E-state index contributed by atoms with van der Waals surface area (Å²) in [5, 5.41) is 10.1. The van der Waals surface area contributed by atoms with Crippen LogP contribution in [0.3, 0.4) is 0 Å². The Hall–Kier alpha value is -3.63. The number of hydrogen-bond acceptors (Lipinski definition) is 7. The highest BCUT2D eigenvalue weighted by Gasteiger charge is 2.20. The minimum absolute atomic E-state index is 0.196. The zero-order chi connectivity index (χ0) is 23.4. The Morgan fingerprint density at radius 2 is 1.91 bits per heavy atom. The lowest BCUT2D eigenvalue weighted by Gasteiger charge is -2.36. The zero-order valence-corrected chi connectivity index (χ0v) is 19.0. The predicted octanol–water partition coefficient (Wildman–Crippen LogP) is 3.77. The first-order valence-electron chi connectivity index (χ1n) is 11.2. The highest BCUT2D eigenvalue weighted by atomic mass is 16.5. The maximum Gasteiger partial charge on any atom is 0.336 e. The third-order valence-electron chi connectivity index (χ3n) is 6.05. The largest absolute Gasteiger partial charge is 0.493 e. The van der Waals surface area contributed by atoms with Crippen molar-refractivity contribution >= 4 is 22.4 Å². The van der Waals surface area contributed by atoms with Crippen LogP contribution < -0.4 is 15.3 Å². The van der Waals surface area contributed by atoms with Gasteiger partial charge in [-0.25, -0.2) is 4.79 Å². The fourth-order valence-electron chi connectivity index (χ4n) is 4.35. The van der Waals surface area contributed by atoms with Crippen molar-refractivity contribution in [2.75, 3.05) is 44.2 Å². The highest BCUT2D eigenvalue weighted by Crippen LogP contribution is 2.29. The van der Waals surface area contributed by atoms with Crippen LogP contribution in [0.5, 0.6) is 5.75 Å². The predicted molar refractivity (Wildman–Crippen MR) is 127 cm³/mol. The van der Waals surface area contributed by atoms with Crippen molar-refractivity contribution in [3.63, 3.8) is 0 Å². The molecule has 7 heteroatoms. The molecule has 0 spiro atoms. The first-order valence-corrected chi connectivity index (χ1v) is 11.2.